The standard InChI is InChI=1S/C9H11Cl/c1-9(2)6-3-4-8(10)5-7-9/h3-7H,1-2H3. The van der Waals surface area contributed by atoms with Crippen LogP contribution in [0.4, 0.5) is 0 Å². The second-order valence-electron chi connectivity index (χ2n) is 3.07. The highest BCUT2D eigenvalue weighted by Crippen LogP contribution is 2.23. The van der Waals surface area contributed by atoms with Gasteiger partial charge in [-0.15, -0.1) is 0 Å². The van der Waals surface area contributed by atoms with Gasteiger partial charge in [0.2, 0.25) is 0 Å². The van der Waals surface area contributed by atoms with Crippen LogP contribution in [0.2, 0.25) is 0 Å². The van der Waals surface area contributed by atoms with Gasteiger partial charge in [0.1, 0.15) is 0 Å². The second-order valence-corrected chi connectivity index (χ2v) is 3.50. The molecule has 0 fully saturated rings. The van der Waals surface area contributed by atoms with Gasteiger partial charge in [0.05, 0.1) is 0 Å². The van der Waals surface area contributed by atoms with Gasteiger partial charge in [-0.1, -0.05) is 43.7 Å². The van der Waals surface area contributed by atoms with Gasteiger partial charge in [0.25, 0.3) is 0 Å². The molecule has 0 aromatic carbocycles. The molecule has 0 aromatic rings. The van der Waals surface area contributed by atoms with Crippen molar-refractivity contribution in [2.75, 3.05) is 0 Å². The van der Waals surface area contributed by atoms with Crippen LogP contribution in [0.15, 0.2) is 35.4 Å². The summed E-state index contributed by atoms with van der Waals surface area (Å²) in [5, 5.41) is 0.793. The minimum Gasteiger partial charge on any atom is -0.0844 e. The van der Waals surface area contributed by atoms with Gasteiger partial charge in [-0.05, 0) is 12.2 Å². The molecule has 0 saturated carbocycles. The van der Waals surface area contributed by atoms with Crippen molar-refractivity contribution < 1.29 is 0 Å². The molecule has 0 radical (unpaired) electrons. The maximum atomic E-state index is 5.77. The number of allylic oxidation sites excluding steroid dienone is 6. The Bertz CT molecular complexity index is 207. The predicted molar refractivity (Wildman–Crippen MR) is 46.0 cm³/mol. The van der Waals surface area contributed by atoms with Crippen LogP contribution in [-0.2, 0) is 0 Å². The smallest absolute Gasteiger partial charge is 0.0403 e. The van der Waals surface area contributed by atoms with Gasteiger partial charge in [0, 0.05) is 10.4 Å². The van der Waals surface area contributed by atoms with E-state index in [1.54, 1.807) is 0 Å². The molecule has 0 saturated heterocycles. The average molecular weight is 155 g/mol. The van der Waals surface area contributed by atoms with Crippen molar-refractivity contribution in [3.63, 3.8) is 0 Å². The fraction of sp³-hybridized carbons (Fsp3) is 0.333. The fourth-order valence-corrected chi connectivity index (χ4v) is 0.929. The molecule has 1 heteroatoms. The van der Waals surface area contributed by atoms with E-state index in [4.69, 9.17) is 11.6 Å². The molecule has 0 aromatic heterocycles. The number of hydrogen-bond donors (Lipinski definition) is 0. The Morgan fingerprint density at radius 3 is 2.70 bits per heavy atom. The van der Waals surface area contributed by atoms with Crippen molar-refractivity contribution >= 4 is 11.6 Å². The molecular formula is C9H11Cl. The third-order valence-electron chi connectivity index (χ3n) is 1.45. The number of hydrogen-bond acceptors (Lipinski definition) is 0. The van der Waals surface area contributed by atoms with Crippen LogP contribution in [0.25, 0.3) is 0 Å². The lowest BCUT2D eigenvalue weighted by atomic mass is 9.93. The van der Waals surface area contributed by atoms with E-state index in [9.17, 15) is 0 Å². The van der Waals surface area contributed by atoms with E-state index in [-0.39, 0.29) is 5.41 Å². The van der Waals surface area contributed by atoms with Gasteiger partial charge in [-0.25, -0.2) is 0 Å². The highest BCUT2D eigenvalue weighted by molar-refractivity contribution is 6.31. The Hall–Kier alpha value is -0.490. The molecule has 0 unspecified atom stereocenters. The maximum Gasteiger partial charge on any atom is 0.0403 e. The van der Waals surface area contributed by atoms with Crippen LogP contribution in [0.3, 0.4) is 0 Å². The zero-order valence-electron chi connectivity index (χ0n) is 6.26. The summed E-state index contributed by atoms with van der Waals surface area (Å²) in [4.78, 5) is 0. The topological polar surface area (TPSA) is 0 Å². The Balaban J connectivity index is 2.88. The molecular weight excluding hydrogens is 144 g/mol. The van der Waals surface area contributed by atoms with Crippen LogP contribution in [0.1, 0.15) is 13.8 Å². The van der Waals surface area contributed by atoms with E-state index in [2.05, 4.69) is 26.0 Å². The van der Waals surface area contributed by atoms with Crippen molar-refractivity contribution in [3.8, 4) is 0 Å². The first-order valence-corrected chi connectivity index (χ1v) is 3.72. The summed E-state index contributed by atoms with van der Waals surface area (Å²) < 4.78 is 0. The van der Waals surface area contributed by atoms with E-state index in [1.807, 2.05) is 18.2 Å². The molecule has 0 spiro atoms. The van der Waals surface area contributed by atoms with E-state index in [0.717, 1.165) is 5.03 Å². The van der Waals surface area contributed by atoms with Gasteiger partial charge in [0.15, 0.2) is 0 Å². The molecule has 1 aliphatic rings. The Morgan fingerprint density at radius 2 is 2.00 bits per heavy atom. The quantitative estimate of drug-likeness (QED) is 0.503. The summed E-state index contributed by atoms with van der Waals surface area (Å²) in [6.07, 6.45) is 10.0. The molecule has 0 atom stereocenters. The lowest BCUT2D eigenvalue weighted by Gasteiger charge is -2.12. The third-order valence-corrected chi connectivity index (χ3v) is 1.71. The second kappa shape index (κ2) is 2.63. The molecule has 0 heterocycles. The third kappa shape index (κ3) is 2.03. The molecule has 1 rings (SSSR count). The normalized spacial score (nSPS) is 22.1. The lowest BCUT2D eigenvalue weighted by molar-refractivity contribution is 0.627. The lowest BCUT2D eigenvalue weighted by Crippen LogP contribution is -2.00. The molecule has 0 N–H and O–H groups in total. The van der Waals surface area contributed by atoms with Crippen LogP contribution in [0.5, 0.6) is 0 Å². The van der Waals surface area contributed by atoms with Gasteiger partial charge < -0.3 is 0 Å². The summed E-state index contributed by atoms with van der Waals surface area (Å²) >= 11 is 5.77. The zero-order valence-corrected chi connectivity index (χ0v) is 7.02. The Morgan fingerprint density at radius 1 is 1.30 bits per heavy atom. The first kappa shape index (κ1) is 7.62. The van der Waals surface area contributed by atoms with Crippen molar-refractivity contribution in [2.45, 2.75) is 13.8 Å². The van der Waals surface area contributed by atoms with Crippen molar-refractivity contribution in [2.24, 2.45) is 5.41 Å². The number of halogens is 1. The van der Waals surface area contributed by atoms with E-state index in [1.165, 1.54) is 0 Å². The molecule has 0 nitrogen and oxygen atoms in total. The fourth-order valence-electron chi connectivity index (χ4n) is 0.794. The van der Waals surface area contributed by atoms with Crippen LogP contribution in [-0.4, -0.2) is 0 Å². The molecule has 54 valence electrons. The van der Waals surface area contributed by atoms with E-state index >= 15 is 0 Å². The zero-order chi connectivity index (χ0) is 7.61. The van der Waals surface area contributed by atoms with Crippen LogP contribution >= 0.6 is 11.6 Å². The SMILES string of the molecule is CC1(C)C=CC=C(Cl)C=C1. The monoisotopic (exact) mass is 154 g/mol. The average Bonchev–Trinajstić information content (AvgIpc) is 1.94. The molecule has 10 heavy (non-hydrogen) atoms. The minimum absolute atomic E-state index is 0.146. The summed E-state index contributed by atoms with van der Waals surface area (Å²) in [6, 6.07) is 0. The molecule has 0 amide bonds. The van der Waals surface area contributed by atoms with Crippen LogP contribution < -0.4 is 0 Å². The maximum absolute atomic E-state index is 5.77. The van der Waals surface area contributed by atoms with Crippen molar-refractivity contribution in [1.29, 1.82) is 0 Å². The van der Waals surface area contributed by atoms with E-state index < -0.39 is 0 Å². The summed E-state index contributed by atoms with van der Waals surface area (Å²) in [5.41, 5.74) is 0.146. The first-order chi connectivity index (χ1) is 4.60. The number of rotatable bonds is 0. The molecule has 0 aliphatic heterocycles. The summed E-state index contributed by atoms with van der Waals surface area (Å²) in [5.74, 6) is 0. The van der Waals surface area contributed by atoms with Gasteiger partial charge >= 0.3 is 0 Å². The Kier molecular flexibility index (Phi) is 2.00. The summed E-state index contributed by atoms with van der Waals surface area (Å²) in [6.45, 7) is 4.28. The van der Waals surface area contributed by atoms with Gasteiger partial charge in [-0.2, -0.15) is 0 Å². The highest BCUT2D eigenvalue weighted by Gasteiger charge is 2.09. The first-order valence-electron chi connectivity index (χ1n) is 3.34. The van der Waals surface area contributed by atoms with Gasteiger partial charge in [-0.3, -0.25) is 0 Å². The highest BCUT2D eigenvalue weighted by atomic mass is 35.5. The van der Waals surface area contributed by atoms with Crippen molar-refractivity contribution in [3.05, 3.63) is 35.4 Å². The van der Waals surface area contributed by atoms with Crippen molar-refractivity contribution in [1.82, 2.24) is 0 Å². The summed E-state index contributed by atoms with van der Waals surface area (Å²) in [7, 11) is 0. The predicted octanol–water partition coefficient (Wildman–Crippen LogP) is 3.26. The Labute approximate surface area is 66.9 Å². The molecule has 0 bridgehead atoms. The van der Waals surface area contributed by atoms with E-state index in [0.29, 0.717) is 0 Å². The van der Waals surface area contributed by atoms with Crippen LogP contribution in [0, 0.1) is 5.41 Å². The largest absolute Gasteiger partial charge is 0.0844 e. The molecule has 1 aliphatic carbocycles. The minimum atomic E-state index is 0.146.